The molecule has 1 N–H and O–H groups in total. The maximum atomic E-state index is 12.6. The summed E-state index contributed by atoms with van der Waals surface area (Å²) in [5.74, 6) is -0.623. The number of imide groups is 2. The van der Waals surface area contributed by atoms with Crippen molar-refractivity contribution in [3.63, 3.8) is 0 Å². The predicted octanol–water partition coefficient (Wildman–Crippen LogP) is 0.957. The quantitative estimate of drug-likeness (QED) is 0.419. The fourth-order valence-corrected chi connectivity index (χ4v) is 3.68. The van der Waals surface area contributed by atoms with E-state index in [1.54, 1.807) is 6.08 Å². The molecule has 27 heavy (non-hydrogen) atoms. The molecular weight excluding hydrogens is 346 g/mol. The van der Waals surface area contributed by atoms with Gasteiger partial charge in [0, 0.05) is 11.6 Å². The minimum atomic E-state index is -0.709. The van der Waals surface area contributed by atoms with Gasteiger partial charge in [-0.1, -0.05) is 25.5 Å². The molecular formula is C20H26N3O4+. The van der Waals surface area contributed by atoms with Gasteiger partial charge < -0.3 is 9.64 Å². The van der Waals surface area contributed by atoms with E-state index in [1.807, 2.05) is 31.3 Å². The number of rotatable bonds is 8. The average molecular weight is 372 g/mol. The Kier molecular flexibility index (Phi) is 5.91. The molecule has 1 heterocycles. The first-order valence-electron chi connectivity index (χ1n) is 9.34. The number of nitrogens with zero attached hydrogens (tertiary/aromatic N) is 2. The second kappa shape index (κ2) is 8.35. The van der Waals surface area contributed by atoms with E-state index in [0.717, 1.165) is 46.8 Å². The van der Waals surface area contributed by atoms with Gasteiger partial charge in [-0.15, -0.1) is 0 Å². The van der Waals surface area contributed by atoms with E-state index in [1.165, 1.54) is 4.90 Å². The third kappa shape index (κ3) is 4.19. The first-order valence-corrected chi connectivity index (χ1v) is 9.34. The Labute approximate surface area is 159 Å². The molecule has 0 aromatic heterocycles. The highest BCUT2D eigenvalue weighted by Gasteiger charge is 2.49. The lowest BCUT2D eigenvalue weighted by Gasteiger charge is -2.22. The summed E-state index contributed by atoms with van der Waals surface area (Å²) in [7, 11) is 1.89. The summed E-state index contributed by atoms with van der Waals surface area (Å²) in [5, 5.41) is 0. The Morgan fingerprint density at radius 1 is 1.15 bits per heavy atom. The van der Waals surface area contributed by atoms with Crippen LogP contribution >= 0.6 is 0 Å². The van der Waals surface area contributed by atoms with Crippen LogP contribution < -0.4 is 9.64 Å². The second-order valence-corrected chi connectivity index (χ2v) is 7.16. The molecule has 0 bridgehead atoms. The molecule has 1 aromatic rings. The Balaban J connectivity index is 1.59. The molecule has 1 saturated heterocycles. The molecule has 1 unspecified atom stereocenters. The topological polar surface area (TPSA) is 71.4 Å². The third-order valence-corrected chi connectivity index (χ3v) is 5.00. The van der Waals surface area contributed by atoms with Gasteiger partial charge in [-0.2, -0.15) is 0 Å². The van der Waals surface area contributed by atoms with E-state index < -0.39 is 17.8 Å². The number of ether oxygens (including phenoxy) is 1. The summed E-state index contributed by atoms with van der Waals surface area (Å²) >= 11 is 0. The van der Waals surface area contributed by atoms with Gasteiger partial charge in [-0.3, -0.25) is 14.5 Å². The fraction of sp³-hybridized carbons (Fsp3) is 0.450. The van der Waals surface area contributed by atoms with Crippen molar-refractivity contribution in [3.8, 4) is 5.75 Å². The predicted molar refractivity (Wildman–Crippen MR) is 98.9 cm³/mol. The van der Waals surface area contributed by atoms with Gasteiger partial charge in [-0.05, 0) is 37.1 Å². The van der Waals surface area contributed by atoms with Crippen LogP contribution in [0.4, 0.5) is 4.79 Å². The van der Waals surface area contributed by atoms with Crippen LogP contribution in [0.15, 0.2) is 36.9 Å². The summed E-state index contributed by atoms with van der Waals surface area (Å²) in [6.07, 6.45) is 5.26. The molecule has 7 heteroatoms. The number of carbonyl (C=O) groups is 3. The fourth-order valence-electron chi connectivity index (χ4n) is 3.68. The van der Waals surface area contributed by atoms with E-state index >= 15 is 0 Å². The van der Waals surface area contributed by atoms with Crippen LogP contribution in [0.3, 0.4) is 0 Å². The monoisotopic (exact) mass is 372 g/mol. The van der Waals surface area contributed by atoms with Gasteiger partial charge >= 0.3 is 17.8 Å². The van der Waals surface area contributed by atoms with Crippen molar-refractivity contribution in [2.24, 2.45) is 0 Å². The average Bonchev–Trinajstić information content (AvgIpc) is 3.25. The Morgan fingerprint density at radius 3 is 2.44 bits per heavy atom. The molecule has 4 amide bonds. The molecule has 1 atom stereocenters. The van der Waals surface area contributed by atoms with Crippen LogP contribution in [-0.2, 0) is 16.1 Å². The smallest absolute Gasteiger partial charge is 0.338 e. The van der Waals surface area contributed by atoms with E-state index in [9.17, 15) is 14.4 Å². The van der Waals surface area contributed by atoms with E-state index in [2.05, 4.69) is 6.58 Å². The molecule has 3 rings (SSSR count). The summed E-state index contributed by atoms with van der Waals surface area (Å²) in [5.41, 5.74) is 1.05. The number of benzene rings is 1. The molecule has 2 aliphatic rings. The highest BCUT2D eigenvalue weighted by Crippen LogP contribution is 2.27. The maximum absolute atomic E-state index is 12.6. The van der Waals surface area contributed by atoms with Gasteiger partial charge in [0.05, 0.1) is 7.05 Å². The Morgan fingerprint density at radius 2 is 1.81 bits per heavy atom. The van der Waals surface area contributed by atoms with Crippen molar-refractivity contribution in [1.82, 2.24) is 9.80 Å². The summed E-state index contributed by atoms with van der Waals surface area (Å²) in [6.45, 7) is 4.86. The van der Waals surface area contributed by atoms with Crippen LogP contribution in [0.2, 0.25) is 0 Å². The summed E-state index contributed by atoms with van der Waals surface area (Å²) < 4.78 is 5.46. The van der Waals surface area contributed by atoms with Crippen molar-refractivity contribution >= 4 is 17.8 Å². The molecule has 2 fully saturated rings. The highest BCUT2D eigenvalue weighted by atomic mass is 16.5. The summed E-state index contributed by atoms with van der Waals surface area (Å²) in [4.78, 5) is 40.4. The number of hydrogen-bond acceptors (Lipinski definition) is 4. The molecule has 1 aromatic carbocycles. The lowest BCUT2D eigenvalue weighted by atomic mass is 10.2. The van der Waals surface area contributed by atoms with Gasteiger partial charge in [0.2, 0.25) is 0 Å². The minimum absolute atomic E-state index is 0.123. The van der Waals surface area contributed by atoms with Crippen LogP contribution in [0, 0.1) is 0 Å². The van der Waals surface area contributed by atoms with E-state index in [0.29, 0.717) is 13.2 Å². The maximum Gasteiger partial charge on any atom is 0.338 e. The largest absolute Gasteiger partial charge is 0.490 e. The molecule has 1 aliphatic carbocycles. The van der Waals surface area contributed by atoms with E-state index in [4.69, 9.17) is 4.74 Å². The molecule has 0 spiro atoms. The zero-order valence-electron chi connectivity index (χ0n) is 15.6. The first-order chi connectivity index (χ1) is 13.0. The van der Waals surface area contributed by atoms with Crippen molar-refractivity contribution in [3.05, 3.63) is 42.5 Å². The molecule has 1 saturated carbocycles. The van der Waals surface area contributed by atoms with E-state index in [-0.39, 0.29) is 12.7 Å². The van der Waals surface area contributed by atoms with Gasteiger partial charge in [0.15, 0.2) is 6.67 Å². The molecule has 0 radical (unpaired) electrons. The molecule has 7 nitrogen and oxygen atoms in total. The van der Waals surface area contributed by atoms with Crippen molar-refractivity contribution in [1.29, 1.82) is 0 Å². The first kappa shape index (κ1) is 19.1. The van der Waals surface area contributed by atoms with Crippen molar-refractivity contribution < 1.29 is 24.0 Å². The van der Waals surface area contributed by atoms with Crippen LogP contribution in [0.5, 0.6) is 5.75 Å². The third-order valence-electron chi connectivity index (χ3n) is 5.00. The number of quaternary nitrogens is 1. The van der Waals surface area contributed by atoms with Crippen LogP contribution in [0.1, 0.15) is 31.2 Å². The van der Waals surface area contributed by atoms with Gasteiger partial charge in [-0.25, -0.2) is 9.69 Å². The van der Waals surface area contributed by atoms with Crippen LogP contribution in [0.25, 0.3) is 0 Å². The highest BCUT2D eigenvalue weighted by molar-refractivity contribution is 6.44. The molecule has 1 aliphatic heterocycles. The Hall–Kier alpha value is -2.67. The van der Waals surface area contributed by atoms with Gasteiger partial charge in [0.1, 0.15) is 18.9 Å². The number of amides is 4. The summed E-state index contributed by atoms with van der Waals surface area (Å²) in [6, 6.07) is 7.07. The lowest BCUT2D eigenvalue weighted by molar-refractivity contribution is -0.901. The van der Waals surface area contributed by atoms with Crippen molar-refractivity contribution in [2.75, 3.05) is 20.3 Å². The van der Waals surface area contributed by atoms with Gasteiger partial charge in [0.25, 0.3) is 0 Å². The molecule has 144 valence electrons. The van der Waals surface area contributed by atoms with Crippen molar-refractivity contribution in [2.45, 2.75) is 38.3 Å². The second-order valence-electron chi connectivity index (χ2n) is 7.16. The number of hydrogen-bond donors (Lipinski definition) is 1. The zero-order chi connectivity index (χ0) is 19.4. The normalized spacial score (nSPS) is 19.1. The Bertz CT molecular complexity index is 725. The SMILES string of the molecule is C=CCOc1ccc(C[NH+](C)CN2C(=O)C(=O)N(C3CCCC3)C2=O)cc1. The number of nitrogens with one attached hydrogen (secondary N) is 1. The standard InChI is InChI=1S/C20H25N3O4/c1-3-12-27-17-10-8-15(9-11-17)13-21(2)14-22-18(24)19(25)23(20(22)26)16-6-4-5-7-16/h3,8-11,16H,1,4-7,12-14H2,2H3/p+1. The lowest BCUT2D eigenvalue weighted by Crippen LogP contribution is -3.09. The van der Waals surface area contributed by atoms with Crippen LogP contribution in [-0.4, -0.2) is 54.0 Å². The minimum Gasteiger partial charge on any atom is -0.490 e. The number of carbonyl (C=O) groups excluding carboxylic acids is 3. The zero-order valence-corrected chi connectivity index (χ0v) is 15.6. The number of urea groups is 1.